The predicted molar refractivity (Wildman–Crippen MR) is 68.7 cm³/mol. The fraction of sp³-hybridized carbons (Fsp3) is 0.917. The number of nitrogens with two attached hydrogens (primary N) is 1. The molecule has 0 aromatic rings. The van der Waals surface area contributed by atoms with Crippen LogP contribution in [0.4, 0.5) is 0 Å². The number of hydrogen-bond acceptors (Lipinski definition) is 4. The van der Waals surface area contributed by atoms with Crippen LogP contribution in [0.25, 0.3) is 0 Å². The van der Waals surface area contributed by atoms with Crippen LogP contribution < -0.4 is 5.73 Å². The fourth-order valence-electron chi connectivity index (χ4n) is 2.04. The summed E-state index contributed by atoms with van der Waals surface area (Å²) in [4.78, 5) is 6.43. The average Bonchev–Trinajstić information content (AvgIpc) is 2.92. The molecule has 104 valence electrons. The molecular formula is C12H23N3O3. The van der Waals surface area contributed by atoms with Gasteiger partial charge in [-0.25, -0.2) is 0 Å². The van der Waals surface area contributed by atoms with Crippen LogP contribution in [-0.2, 0) is 14.2 Å². The summed E-state index contributed by atoms with van der Waals surface area (Å²) < 4.78 is 16.2. The summed E-state index contributed by atoms with van der Waals surface area (Å²) in [7, 11) is 0. The molecule has 1 atom stereocenters. The van der Waals surface area contributed by atoms with Gasteiger partial charge in [-0.3, -0.25) is 4.99 Å². The van der Waals surface area contributed by atoms with Crippen molar-refractivity contribution in [2.24, 2.45) is 10.7 Å². The van der Waals surface area contributed by atoms with Gasteiger partial charge < -0.3 is 24.8 Å². The first-order chi connectivity index (χ1) is 8.86. The summed E-state index contributed by atoms with van der Waals surface area (Å²) >= 11 is 0. The van der Waals surface area contributed by atoms with E-state index in [9.17, 15) is 0 Å². The van der Waals surface area contributed by atoms with Crippen LogP contribution in [0.1, 0.15) is 12.8 Å². The molecule has 2 rings (SSSR count). The average molecular weight is 257 g/mol. The Balaban J connectivity index is 1.55. The number of rotatable bonds is 5. The minimum absolute atomic E-state index is 0.283. The quantitative estimate of drug-likeness (QED) is 0.421. The van der Waals surface area contributed by atoms with Gasteiger partial charge in [-0.15, -0.1) is 0 Å². The van der Waals surface area contributed by atoms with E-state index in [0.29, 0.717) is 5.96 Å². The Hall–Kier alpha value is -0.850. The second-order valence-corrected chi connectivity index (χ2v) is 4.55. The predicted octanol–water partition coefficient (Wildman–Crippen LogP) is -0.171. The van der Waals surface area contributed by atoms with Crippen molar-refractivity contribution < 1.29 is 14.2 Å². The SMILES string of the molecule is NC(=NCCCOC1CCOC1)N1CCOCC1. The maximum Gasteiger partial charge on any atom is 0.191 e. The van der Waals surface area contributed by atoms with Crippen LogP contribution >= 0.6 is 0 Å². The molecule has 0 amide bonds. The first-order valence-electron chi connectivity index (χ1n) is 6.68. The summed E-state index contributed by atoms with van der Waals surface area (Å²) in [6.07, 6.45) is 2.20. The maximum absolute atomic E-state index is 5.91. The lowest BCUT2D eigenvalue weighted by atomic mass is 10.3. The second-order valence-electron chi connectivity index (χ2n) is 4.55. The number of hydrogen-bond donors (Lipinski definition) is 1. The molecule has 0 spiro atoms. The lowest BCUT2D eigenvalue weighted by Crippen LogP contribution is -2.44. The van der Waals surface area contributed by atoms with Crippen LogP contribution in [0.15, 0.2) is 4.99 Å². The van der Waals surface area contributed by atoms with Gasteiger partial charge in [0.1, 0.15) is 0 Å². The van der Waals surface area contributed by atoms with Gasteiger partial charge in [0.25, 0.3) is 0 Å². The maximum atomic E-state index is 5.91. The monoisotopic (exact) mass is 257 g/mol. The van der Waals surface area contributed by atoms with E-state index >= 15 is 0 Å². The van der Waals surface area contributed by atoms with Crippen molar-refractivity contribution in [1.29, 1.82) is 0 Å². The number of guanidine groups is 1. The van der Waals surface area contributed by atoms with Crippen molar-refractivity contribution in [1.82, 2.24) is 4.90 Å². The largest absolute Gasteiger partial charge is 0.379 e. The first kappa shape index (κ1) is 13.6. The molecule has 0 aromatic heterocycles. The molecule has 18 heavy (non-hydrogen) atoms. The molecule has 2 aliphatic heterocycles. The minimum atomic E-state index is 0.283. The molecule has 1 unspecified atom stereocenters. The first-order valence-corrected chi connectivity index (χ1v) is 6.68. The van der Waals surface area contributed by atoms with Crippen LogP contribution in [0.2, 0.25) is 0 Å². The lowest BCUT2D eigenvalue weighted by molar-refractivity contribution is 0.0423. The van der Waals surface area contributed by atoms with Crippen molar-refractivity contribution in [2.45, 2.75) is 18.9 Å². The van der Waals surface area contributed by atoms with Gasteiger partial charge in [0.05, 0.1) is 25.9 Å². The summed E-state index contributed by atoms with van der Waals surface area (Å²) in [5, 5.41) is 0. The molecule has 0 bridgehead atoms. The Morgan fingerprint density at radius 3 is 2.83 bits per heavy atom. The summed E-state index contributed by atoms with van der Waals surface area (Å²) in [6.45, 7) is 6.16. The highest BCUT2D eigenvalue weighted by molar-refractivity contribution is 5.78. The van der Waals surface area contributed by atoms with Crippen molar-refractivity contribution >= 4 is 5.96 Å². The molecule has 2 heterocycles. The Labute approximate surface area is 108 Å². The van der Waals surface area contributed by atoms with Gasteiger partial charge in [0.2, 0.25) is 0 Å². The van der Waals surface area contributed by atoms with Gasteiger partial charge in [0, 0.05) is 32.8 Å². The molecule has 2 fully saturated rings. The third kappa shape index (κ3) is 4.44. The van der Waals surface area contributed by atoms with E-state index < -0.39 is 0 Å². The topological polar surface area (TPSA) is 69.3 Å². The smallest absolute Gasteiger partial charge is 0.191 e. The summed E-state index contributed by atoms with van der Waals surface area (Å²) in [5.41, 5.74) is 5.91. The van der Waals surface area contributed by atoms with Gasteiger partial charge in [-0.05, 0) is 12.8 Å². The molecule has 6 heteroatoms. The fourth-order valence-corrected chi connectivity index (χ4v) is 2.04. The zero-order valence-corrected chi connectivity index (χ0v) is 10.8. The normalized spacial score (nSPS) is 25.7. The molecule has 2 saturated heterocycles. The molecule has 6 nitrogen and oxygen atoms in total. The zero-order valence-electron chi connectivity index (χ0n) is 10.8. The molecule has 2 aliphatic rings. The van der Waals surface area contributed by atoms with E-state index in [4.69, 9.17) is 19.9 Å². The van der Waals surface area contributed by atoms with E-state index in [0.717, 1.165) is 65.5 Å². The molecule has 2 N–H and O–H groups in total. The van der Waals surface area contributed by atoms with Gasteiger partial charge in [0.15, 0.2) is 5.96 Å². The van der Waals surface area contributed by atoms with Crippen LogP contribution in [0.5, 0.6) is 0 Å². The standard InChI is InChI=1S/C12H23N3O3/c13-12(15-4-8-16-9-5-15)14-3-1-6-18-11-2-7-17-10-11/h11H,1-10H2,(H2,13,14). The Bertz CT molecular complexity index is 261. The van der Waals surface area contributed by atoms with Crippen molar-refractivity contribution in [3.8, 4) is 0 Å². The van der Waals surface area contributed by atoms with Crippen molar-refractivity contribution in [3.63, 3.8) is 0 Å². The molecular weight excluding hydrogens is 234 g/mol. The Morgan fingerprint density at radius 1 is 1.28 bits per heavy atom. The molecule has 0 aliphatic carbocycles. The highest BCUT2D eigenvalue weighted by atomic mass is 16.5. The van der Waals surface area contributed by atoms with Crippen molar-refractivity contribution in [3.05, 3.63) is 0 Å². The summed E-state index contributed by atoms with van der Waals surface area (Å²) in [6, 6.07) is 0. The summed E-state index contributed by atoms with van der Waals surface area (Å²) in [5.74, 6) is 0.627. The van der Waals surface area contributed by atoms with Crippen LogP contribution in [-0.4, -0.2) is 69.6 Å². The second kappa shape index (κ2) is 7.56. The molecule has 0 radical (unpaired) electrons. The van der Waals surface area contributed by atoms with Gasteiger partial charge in [-0.2, -0.15) is 0 Å². The Morgan fingerprint density at radius 2 is 2.11 bits per heavy atom. The number of nitrogens with zero attached hydrogens (tertiary/aromatic N) is 2. The third-order valence-corrected chi connectivity index (χ3v) is 3.15. The van der Waals surface area contributed by atoms with Crippen molar-refractivity contribution in [2.75, 3.05) is 52.7 Å². The lowest BCUT2D eigenvalue weighted by Gasteiger charge is -2.27. The minimum Gasteiger partial charge on any atom is -0.379 e. The molecule has 0 saturated carbocycles. The molecule has 0 aromatic carbocycles. The van der Waals surface area contributed by atoms with E-state index in [1.807, 2.05) is 0 Å². The number of aliphatic imine (C=N–C) groups is 1. The van der Waals surface area contributed by atoms with E-state index in [1.165, 1.54) is 0 Å². The number of ether oxygens (including phenoxy) is 3. The van der Waals surface area contributed by atoms with Gasteiger partial charge >= 0.3 is 0 Å². The van der Waals surface area contributed by atoms with E-state index in [-0.39, 0.29) is 6.10 Å². The van der Waals surface area contributed by atoms with E-state index in [2.05, 4.69) is 9.89 Å². The zero-order chi connectivity index (χ0) is 12.6. The van der Waals surface area contributed by atoms with Crippen LogP contribution in [0.3, 0.4) is 0 Å². The third-order valence-electron chi connectivity index (χ3n) is 3.15. The van der Waals surface area contributed by atoms with E-state index in [1.54, 1.807) is 0 Å². The number of morpholine rings is 1. The highest BCUT2D eigenvalue weighted by Gasteiger charge is 2.15. The van der Waals surface area contributed by atoms with Gasteiger partial charge in [-0.1, -0.05) is 0 Å². The Kier molecular flexibility index (Phi) is 5.70. The highest BCUT2D eigenvalue weighted by Crippen LogP contribution is 2.08. The van der Waals surface area contributed by atoms with Crippen LogP contribution in [0, 0.1) is 0 Å².